The summed E-state index contributed by atoms with van der Waals surface area (Å²) in [6.45, 7) is -0.159. The van der Waals surface area contributed by atoms with Gasteiger partial charge in [0.15, 0.2) is 0 Å². The Kier molecular flexibility index (Phi) is 5.51. The van der Waals surface area contributed by atoms with Gasteiger partial charge in [0.05, 0.1) is 39.9 Å². The van der Waals surface area contributed by atoms with E-state index >= 15 is 0 Å². The van der Waals surface area contributed by atoms with Crippen molar-refractivity contribution in [2.24, 2.45) is 5.73 Å². The van der Waals surface area contributed by atoms with Gasteiger partial charge in [0, 0.05) is 22.8 Å². The van der Waals surface area contributed by atoms with Gasteiger partial charge in [-0.2, -0.15) is 13.2 Å². The van der Waals surface area contributed by atoms with E-state index in [2.05, 4.69) is 25.5 Å². The van der Waals surface area contributed by atoms with Gasteiger partial charge in [0.1, 0.15) is 12.1 Å². The first-order valence-corrected chi connectivity index (χ1v) is 11.6. The molecule has 38 heavy (non-hydrogen) atoms. The minimum atomic E-state index is -4.64. The molecule has 9 nitrogen and oxygen atoms in total. The number of hydrogen-bond donors (Lipinski definition) is 2. The number of nitrogens with two attached hydrogens (primary N) is 1. The molecule has 13 heteroatoms. The van der Waals surface area contributed by atoms with Crippen LogP contribution in [0.5, 0.6) is 0 Å². The van der Waals surface area contributed by atoms with E-state index in [0.29, 0.717) is 33.5 Å². The highest BCUT2D eigenvalue weighted by Crippen LogP contribution is 2.38. The second kappa shape index (κ2) is 8.78. The number of anilines is 1. The Morgan fingerprint density at radius 3 is 2.58 bits per heavy atom. The van der Waals surface area contributed by atoms with Gasteiger partial charge in [0.25, 0.3) is 0 Å². The molecular weight excluding hydrogens is 521 g/mol. The van der Waals surface area contributed by atoms with Crippen LogP contribution in [0.25, 0.3) is 44.5 Å². The van der Waals surface area contributed by atoms with Crippen LogP contribution in [0.2, 0.25) is 5.02 Å². The number of imidazole rings is 1. The largest absolute Gasteiger partial charge is 0.417 e. The topological polar surface area (TPSA) is 116 Å². The molecule has 4 aromatic heterocycles. The molecule has 0 fully saturated rings. The van der Waals surface area contributed by atoms with Crippen LogP contribution in [-0.4, -0.2) is 41.6 Å². The average molecular weight is 537 g/mol. The Hall–Kier alpha value is -4.55. The van der Waals surface area contributed by atoms with Crippen molar-refractivity contribution >= 4 is 51.0 Å². The number of alkyl halides is 3. The second-order valence-electron chi connectivity index (χ2n) is 8.41. The fraction of sp³-hybridized carbons (Fsp3) is 0.0800. The first-order chi connectivity index (χ1) is 18.2. The minimum Gasteiger partial charge on any atom is -0.322 e. The van der Waals surface area contributed by atoms with E-state index in [9.17, 15) is 18.0 Å². The SMILES string of the molecule is NCC(=O)Nc1ccc(-c2ccc3ncc4c(c3c2)n(-c2ccc(Cl)c(C(F)(F)F)c2)c2nncn42)cn1. The Balaban J connectivity index is 1.57. The maximum Gasteiger partial charge on any atom is 0.417 e. The van der Waals surface area contributed by atoms with Crippen LogP contribution in [0.3, 0.4) is 0 Å². The molecule has 0 unspecified atom stereocenters. The Bertz CT molecular complexity index is 1860. The molecule has 0 aliphatic heterocycles. The molecule has 0 radical (unpaired) electrons. The molecule has 0 bridgehead atoms. The average Bonchev–Trinajstić information content (AvgIpc) is 3.50. The molecule has 0 atom stereocenters. The number of carbonyl (C=O) groups is 1. The van der Waals surface area contributed by atoms with Crippen molar-refractivity contribution in [2.75, 3.05) is 11.9 Å². The fourth-order valence-electron chi connectivity index (χ4n) is 4.36. The van der Waals surface area contributed by atoms with E-state index in [1.807, 2.05) is 18.2 Å². The van der Waals surface area contributed by atoms with Gasteiger partial charge >= 0.3 is 6.18 Å². The van der Waals surface area contributed by atoms with Gasteiger partial charge in [-0.15, -0.1) is 10.2 Å². The van der Waals surface area contributed by atoms with Crippen molar-refractivity contribution in [2.45, 2.75) is 6.18 Å². The van der Waals surface area contributed by atoms with Crippen LogP contribution in [0, 0.1) is 0 Å². The summed E-state index contributed by atoms with van der Waals surface area (Å²) in [6.07, 6.45) is 0.0662. The third kappa shape index (κ3) is 3.90. The predicted molar refractivity (Wildman–Crippen MR) is 136 cm³/mol. The number of hydrogen-bond acceptors (Lipinski definition) is 6. The molecule has 0 aliphatic rings. The normalized spacial score (nSPS) is 12.0. The number of fused-ring (bicyclic) bond motifs is 5. The lowest BCUT2D eigenvalue weighted by atomic mass is 10.0. The van der Waals surface area contributed by atoms with E-state index in [1.54, 1.807) is 33.5 Å². The van der Waals surface area contributed by atoms with Crippen molar-refractivity contribution in [3.8, 4) is 16.8 Å². The lowest BCUT2D eigenvalue weighted by Crippen LogP contribution is -2.22. The summed E-state index contributed by atoms with van der Waals surface area (Å²) in [4.78, 5) is 20.3. The maximum atomic E-state index is 13.7. The van der Waals surface area contributed by atoms with E-state index in [1.165, 1.54) is 18.5 Å². The third-order valence-corrected chi connectivity index (χ3v) is 6.43. The van der Waals surface area contributed by atoms with Crippen LogP contribution in [0.4, 0.5) is 19.0 Å². The van der Waals surface area contributed by atoms with Gasteiger partial charge in [-0.05, 0) is 48.0 Å². The number of carbonyl (C=O) groups excluding carboxylic acids is 1. The van der Waals surface area contributed by atoms with Crippen molar-refractivity contribution in [1.82, 2.24) is 29.1 Å². The molecule has 3 N–H and O–H groups in total. The Labute approximate surface area is 216 Å². The molecule has 0 aliphatic carbocycles. The quantitative estimate of drug-likeness (QED) is 0.333. The monoisotopic (exact) mass is 536 g/mol. The van der Waals surface area contributed by atoms with Crippen molar-refractivity contribution in [1.29, 1.82) is 0 Å². The van der Waals surface area contributed by atoms with Gasteiger partial charge in [-0.3, -0.25) is 18.7 Å². The lowest BCUT2D eigenvalue weighted by Gasteiger charge is -2.13. The summed E-state index contributed by atoms with van der Waals surface area (Å²) in [5.74, 6) is 0.317. The number of benzene rings is 2. The third-order valence-electron chi connectivity index (χ3n) is 6.10. The molecule has 2 aromatic carbocycles. The van der Waals surface area contributed by atoms with E-state index in [0.717, 1.165) is 17.2 Å². The molecule has 0 saturated carbocycles. The van der Waals surface area contributed by atoms with Gasteiger partial charge in [-0.25, -0.2) is 4.98 Å². The van der Waals surface area contributed by atoms with Crippen LogP contribution in [0.1, 0.15) is 5.56 Å². The summed E-state index contributed by atoms with van der Waals surface area (Å²) >= 11 is 5.88. The number of halogens is 4. The Morgan fingerprint density at radius 1 is 1.03 bits per heavy atom. The van der Waals surface area contributed by atoms with Crippen LogP contribution in [0.15, 0.2) is 67.3 Å². The summed E-state index contributed by atoms with van der Waals surface area (Å²) in [5, 5.41) is 11.0. The zero-order valence-electron chi connectivity index (χ0n) is 19.2. The van der Waals surface area contributed by atoms with E-state index in [4.69, 9.17) is 17.3 Å². The zero-order valence-corrected chi connectivity index (χ0v) is 20.0. The number of aromatic nitrogens is 6. The van der Waals surface area contributed by atoms with Crippen molar-refractivity contribution < 1.29 is 18.0 Å². The van der Waals surface area contributed by atoms with Crippen LogP contribution in [-0.2, 0) is 11.0 Å². The number of amides is 1. The molecule has 0 saturated heterocycles. The Morgan fingerprint density at radius 2 is 1.84 bits per heavy atom. The highest BCUT2D eigenvalue weighted by atomic mass is 35.5. The van der Waals surface area contributed by atoms with Gasteiger partial charge in [-0.1, -0.05) is 17.7 Å². The molecule has 190 valence electrons. The number of nitrogens with one attached hydrogen (secondary N) is 1. The molecule has 6 rings (SSSR count). The highest BCUT2D eigenvalue weighted by molar-refractivity contribution is 6.31. The van der Waals surface area contributed by atoms with Gasteiger partial charge < -0.3 is 11.1 Å². The zero-order chi connectivity index (χ0) is 26.6. The molecule has 4 heterocycles. The van der Waals surface area contributed by atoms with Crippen molar-refractivity contribution in [3.05, 3.63) is 77.8 Å². The molecular formula is C25H16ClF3N8O. The van der Waals surface area contributed by atoms with E-state index in [-0.39, 0.29) is 18.1 Å². The standard InChI is InChI=1S/C25H16ClF3N8O/c26-18-4-3-15(8-17(18)25(27,28)29)37-23-16-7-13(14-2-6-21(32-10-14)34-22(38)9-30)1-5-19(16)31-11-20(23)36-12-33-35-24(36)37/h1-8,10-12H,9,30H2,(H,32,34,38). The molecule has 1 amide bonds. The number of nitrogens with zero attached hydrogens (tertiary/aromatic N) is 6. The van der Waals surface area contributed by atoms with Crippen LogP contribution < -0.4 is 11.1 Å². The second-order valence-corrected chi connectivity index (χ2v) is 8.81. The maximum absolute atomic E-state index is 13.7. The van der Waals surface area contributed by atoms with Crippen LogP contribution >= 0.6 is 11.6 Å². The summed E-state index contributed by atoms with van der Waals surface area (Å²) in [7, 11) is 0. The lowest BCUT2D eigenvalue weighted by molar-refractivity contribution is -0.137. The molecule has 6 aromatic rings. The summed E-state index contributed by atoms with van der Waals surface area (Å²) in [6, 6.07) is 12.7. The fourth-order valence-corrected chi connectivity index (χ4v) is 4.58. The predicted octanol–water partition coefficient (Wildman–Crippen LogP) is 4.85. The number of pyridine rings is 2. The minimum absolute atomic E-state index is 0.159. The number of rotatable bonds is 4. The summed E-state index contributed by atoms with van der Waals surface area (Å²) in [5.41, 5.74) is 7.96. The van der Waals surface area contributed by atoms with Gasteiger partial charge in [0.2, 0.25) is 11.7 Å². The first-order valence-electron chi connectivity index (χ1n) is 11.2. The molecule has 0 spiro atoms. The van der Waals surface area contributed by atoms with Crippen molar-refractivity contribution in [3.63, 3.8) is 0 Å². The summed E-state index contributed by atoms with van der Waals surface area (Å²) < 4.78 is 44.3. The van der Waals surface area contributed by atoms with E-state index < -0.39 is 16.8 Å². The smallest absolute Gasteiger partial charge is 0.322 e. The highest BCUT2D eigenvalue weighted by Gasteiger charge is 2.34. The first kappa shape index (κ1) is 23.8.